The molecule has 1 N–H and O–H groups in total. The summed E-state index contributed by atoms with van der Waals surface area (Å²) < 4.78 is 1.71. The molecule has 25 heavy (non-hydrogen) atoms. The highest BCUT2D eigenvalue weighted by Crippen LogP contribution is 2.21. The third-order valence-electron chi connectivity index (χ3n) is 4.37. The second-order valence-corrected chi connectivity index (χ2v) is 6.53. The topological polar surface area (TPSA) is 46.9 Å². The summed E-state index contributed by atoms with van der Waals surface area (Å²) in [6, 6.07) is 21.6. The van der Waals surface area contributed by atoms with Crippen molar-refractivity contribution >= 4 is 5.91 Å². The van der Waals surface area contributed by atoms with Crippen LogP contribution >= 0.6 is 0 Å². The molecule has 2 aromatic carbocycles. The van der Waals surface area contributed by atoms with Gasteiger partial charge in [-0.1, -0.05) is 62.4 Å². The van der Waals surface area contributed by atoms with Crippen LogP contribution < -0.4 is 5.32 Å². The van der Waals surface area contributed by atoms with Gasteiger partial charge in [-0.25, -0.2) is 4.68 Å². The van der Waals surface area contributed by atoms with Gasteiger partial charge in [-0.3, -0.25) is 4.79 Å². The molecule has 0 saturated heterocycles. The Morgan fingerprint density at radius 1 is 0.960 bits per heavy atom. The fraction of sp³-hybridized carbons (Fsp3) is 0.238. The van der Waals surface area contributed by atoms with Crippen molar-refractivity contribution in [3.63, 3.8) is 0 Å². The highest BCUT2D eigenvalue weighted by Gasteiger charge is 2.20. The van der Waals surface area contributed by atoms with Crippen LogP contribution in [0.25, 0.3) is 16.9 Å². The minimum atomic E-state index is -0.111. The van der Waals surface area contributed by atoms with E-state index in [2.05, 4.69) is 24.3 Å². The van der Waals surface area contributed by atoms with Gasteiger partial charge in [-0.2, -0.15) is 5.10 Å². The molecule has 0 spiro atoms. The van der Waals surface area contributed by atoms with Crippen molar-refractivity contribution in [3.8, 4) is 16.9 Å². The Bertz CT molecular complexity index is 838. The lowest BCUT2D eigenvalue weighted by atomic mass is 10.1. The molecule has 1 heterocycles. The summed E-state index contributed by atoms with van der Waals surface area (Å²) in [7, 11) is 0. The maximum atomic E-state index is 12.8. The molecule has 0 bridgehead atoms. The van der Waals surface area contributed by atoms with E-state index in [1.807, 2.05) is 73.7 Å². The average molecular weight is 333 g/mol. The Labute approximate surface area is 148 Å². The molecule has 4 nitrogen and oxygen atoms in total. The second-order valence-electron chi connectivity index (χ2n) is 6.53. The van der Waals surface area contributed by atoms with Gasteiger partial charge in [0.05, 0.1) is 11.4 Å². The van der Waals surface area contributed by atoms with Crippen LogP contribution in [0.3, 0.4) is 0 Å². The van der Waals surface area contributed by atoms with Crippen LogP contribution in [0.4, 0.5) is 0 Å². The van der Waals surface area contributed by atoms with Crippen molar-refractivity contribution in [2.45, 2.75) is 26.8 Å². The van der Waals surface area contributed by atoms with Gasteiger partial charge in [0.2, 0.25) is 0 Å². The van der Waals surface area contributed by atoms with E-state index in [9.17, 15) is 4.79 Å². The fourth-order valence-corrected chi connectivity index (χ4v) is 2.51. The average Bonchev–Trinajstić information content (AvgIpc) is 3.08. The lowest BCUT2D eigenvalue weighted by Crippen LogP contribution is -2.37. The zero-order chi connectivity index (χ0) is 17.8. The number of nitrogens with zero attached hydrogens (tertiary/aromatic N) is 2. The van der Waals surface area contributed by atoms with Gasteiger partial charge in [-0.05, 0) is 31.0 Å². The summed E-state index contributed by atoms with van der Waals surface area (Å²) in [5.74, 6) is 0.255. The van der Waals surface area contributed by atoms with E-state index < -0.39 is 0 Å². The minimum Gasteiger partial charge on any atom is -0.348 e. The molecule has 1 atom stereocenters. The normalized spacial score (nSPS) is 12.2. The largest absolute Gasteiger partial charge is 0.348 e. The zero-order valence-corrected chi connectivity index (χ0v) is 14.8. The van der Waals surface area contributed by atoms with Crippen molar-refractivity contribution in [3.05, 3.63) is 72.4 Å². The molecule has 0 aliphatic carbocycles. The number of carbonyl (C=O) groups is 1. The summed E-state index contributed by atoms with van der Waals surface area (Å²) in [6.07, 6.45) is 0. The molecule has 4 heteroatoms. The van der Waals surface area contributed by atoms with E-state index in [1.54, 1.807) is 4.68 Å². The van der Waals surface area contributed by atoms with Gasteiger partial charge in [0.1, 0.15) is 5.69 Å². The van der Waals surface area contributed by atoms with Gasteiger partial charge in [-0.15, -0.1) is 0 Å². The van der Waals surface area contributed by atoms with Crippen LogP contribution in [0.1, 0.15) is 31.3 Å². The van der Waals surface area contributed by atoms with Crippen LogP contribution in [0.15, 0.2) is 66.7 Å². The first-order chi connectivity index (χ1) is 12.1. The first-order valence-corrected chi connectivity index (χ1v) is 8.58. The van der Waals surface area contributed by atoms with Crippen LogP contribution in [0.5, 0.6) is 0 Å². The predicted molar refractivity (Wildman–Crippen MR) is 101 cm³/mol. The van der Waals surface area contributed by atoms with Gasteiger partial charge in [0, 0.05) is 11.6 Å². The van der Waals surface area contributed by atoms with E-state index in [0.29, 0.717) is 11.6 Å². The molecule has 3 rings (SSSR count). The van der Waals surface area contributed by atoms with Crippen LogP contribution in [0.2, 0.25) is 0 Å². The first-order valence-electron chi connectivity index (χ1n) is 8.58. The van der Waals surface area contributed by atoms with Crippen LogP contribution in [-0.4, -0.2) is 21.7 Å². The first kappa shape index (κ1) is 17.0. The molecule has 0 saturated carbocycles. The summed E-state index contributed by atoms with van der Waals surface area (Å²) in [5.41, 5.74) is 3.18. The van der Waals surface area contributed by atoms with Gasteiger partial charge >= 0.3 is 0 Å². The predicted octanol–water partition coefficient (Wildman–Crippen LogP) is 4.31. The molecule has 128 valence electrons. The molecule has 0 aliphatic heterocycles. The monoisotopic (exact) mass is 333 g/mol. The number of hydrogen-bond donors (Lipinski definition) is 1. The minimum absolute atomic E-state index is 0.0896. The van der Waals surface area contributed by atoms with Crippen molar-refractivity contribution < 1.29 is 4.79 Å². The number of hydrogen-bond acceptors (Lipinski definition) is 2. The Morgan fingerprint density at radius 3 is 2.16 bits per heavy atom. The zero-order valence-electron chi connectivity index (χ0n) is 14.8. The molecule has 0 radical (unpaired) electrons. The van der Waals surface area contributed by atoms with Crippen molar-refractivity contribution in [1.82, 2.24) is 15.1 Å². The van der Waals surface area contributed by atoms with E-state index in [0.717, 1.165) is 16.9 Å². The van der Waals surface area contributed by atoms with Crippen LogP contribution in [-0.2, 0) is 0 Å². The summed E-state index contributed by atoms with van der Waals surface area (Å²) >= 11 is 0. The molecule has 3 aromatic rings. The Kier molecular flexibility index (Phi) is 4.98. The SMILES string of the molecule is CC(C)C(C)NC(=O)c1cc(-c2ccccc2)nn1-c1ccccc1. The van der Waals surface area contributed by atoms with Crippen molar-refractivity contribution in [1.29, 1.82) is 0 Å². The maximum Gasteiger partial charge on any atom is 0.270 e. The summed E-state index contributed by atoms with van der Waals surface area (Å²) in [6.45, 7) is 6.20. The van der Waals surface area contributed by atoms with E-state index in [-0.39, 0.29) is 11.9 Å². The lowest BCUT2D eigenvalue weighted by Gasteiger charge is -2.17. The van der Waals surface area contributed by atoms with Gasteiger partial charge in [0.15, 0.2) is 0 Å². The number of para-hydroxylation sites is 1. The quantitative estimate of drug-likeness (QED) is 0.756. The van der Waals surface area contributed by atoms with Gasteiger partial charge < -0.3 is 5.32 Å². The molecule has 1 amide bonds. The lowest BCUT2D eigenvalue weighted by molar-refractivity contribution is 0.0922. The standard InChI is InChI=1S/C21H23N3O/c1-15(2)16(3)22-21(25)20-14-19(17-10-6-4-7-11-17)23-24(20)18-12-8-5-9-13-18/h4-16H,1-3H3,(H,22,25). The van der Waals surface area contributed by atoms with Gasteiger partial charge in [0.25, 0.3) is 5.91 Å². The van der Waals surface area contributed by atoms with E-state index in [4.69, 9.17) is 0 Å². The molecule has 1 aromatic heterocycles. The second kappa shape index (κ2) is 7.34. The number of carbonyl (C=O) groups excluding carboxylic acids is 1. The molecular formula is C21H23N3O. The fourth-order valence-electron chi connectivity index (χ4n) is 2.51. The Morgan fingerprint density at radius 2 is 1.56 bits per heavy atom. The highest BCUT2D eigenvalue weighted by molar-refractivity contribution is 5.94. The van der Waals surface area contributed by atoms with E-state index in [1.165, 1.54) is 0 Å². The third-order valence-corrected chi connectivity index (χ3v) is 4.37. The highest BCUT2D eigenvalue weighted by atomic mass is 16.2. The molecule has 1 unspecified atom stereocenters. The molecule has 0 aliphatic rings. The summed E-state index contributed by atoms with van der Waals surface area (Å²) in [5, 5.41) is 7.75. The van der Waals surface area contributed by atoms with Crippen LogP contribution in [0, 0.1) is 5.92 Å². The van der Waals surface area contributed by atoms with Crippen molar-refractivity contribution in [2.24, 2.45) is 5.92 Å². The summed E-state index contributed by atoms with van der Waals surface area (Å²) in [4.78, 5) is 12.8. The maximum absolute atomic E-state index is 12.8. The number of aromatic nitrogens is 2. The number of benzene rings is 2. The molecule has 0 fully saturated rings. The smallest absolute Gasteiger partial charge is 0.270 e. The number of nitrogens with one attached hydrogen (secondary N) is 1. The third kappa shape index (κ3) is 3.79. The Balaban J connectivity index is 2.03. The Hall–Kier alpha value is -2.88. The number of amides is 1. The van der Waals surface area contributed by atoms with Crippen molar-refractivity contribution in [2.75, 3.05) is 0 Å². The van der Waals surface area contributed by atoms with E-state index >= 15 is 0 Å². The molecular weight excluding hydrogens is 310 g/mol. The number of rotatable bonds is 5.